The lowest BCUT2D eigenvalue weighted by molar-refractivity contribution is 0.290. The van der Waals surface area contributed by atoms with E-state index in [2.05, 4.69) is 4.90 Å². The Bertz CT molecular complexity index is 595. The molecule has 0 heterocycles. The van der Waals surface area contributed by atoms with E-state index in [9.17, 15) is 4.39 Å². The van der Waals surface area contributed by atoms with Gasteiger partial charge in [0.25, 0.3) is 0 Å². The average Bonchev–Trinajstić information content (AvgIpc) is 3.31. The van der Waals surface area contributed by atoms with Crippen molar-refractivity contribution in [2.75, 3.05) is 18.5 Å². The summed E-state index contributed by atoms with van der Waals surface area (Å²) in [6.45, 7) is 1.39. The van der Waals surface area contributed by atoms with Gasteiger partial charge in [0.05, 0.1) is 0 Å². The number of benzene rings is 2. The van der Waals surface area contributed by atoms with E-state index in [1.807, 2.05) is 43.4 Å². The van der Waals surface area contributed by atoms with Crippen LogP contribution >= 0.6 is 0 Å². The predicted octanol–water partition coefficient (Wildman–Crippen LogP) is 4.25. The molecule has 21 heavy (non-hydrogen) atoms. The molecule has 3 heteroatoms. The molecule has 0 atom stereocenters. The standard InChI is InChI=1S/C18H20FNO/c1-20(12-14-7-8-14)16-9-10-18(17(19)11-16)21-13-15-5-3-2-4-6-15/h2-6,9-11,14H,7-8,12-13H2,1H3. The van der Waals surface area contributed by atoms with Gasteiger partial charge < -0.3 is 9.64 Å². The van der Waals surface area contributed by atoms with Crippen molar-refractivity contribution in [1.82, 2.24) is 0 Å². The molecule has 0 unspecified atom stereocenters. The van der Waals surface area contributed by atoms with Gasteiger partial charge >= 0.3 is 0 Å². The van der Waals surface area contributed by atoms with E-state index < -0.39 is 0 Å². The fourth-order valence-electron chi connectivity index (χ4n) is 2.37. The zero-order valence-corrected chi connectivity index (χ0v) is 12.3. The van der Waals surface area contributed by atoms with E-state index >= 15 is 0 Å². The Morgan fingerprint density at radius 2 is 1.90 bits per heavy atom. The first-order valence-corrected chi connectivity index (χ1v) is 7.40. The van der Waals surface area contributed by atoms with Crippen LogP contribution in [0, 0.1) is 11.7 Å². The van der Waals surface area contributed by atoms with Gasteiger partial charge in [-0.2, -0.15) is 0 Å². The molecule has 0 spiro atoms. The molecule has 0 amide bonds. The second-order valence-electron chi connectivity index (χ2n) is 5.71. The number of ether oxygens (including phenoxy) is 1. The molecule has 1 saturated carbocycles. The van der Waals surface area contributed by atoms with E-state index in [4.69, 9.17) is 4.74 Å². The van der Waals surface area contributed by atoms with Crippen molar-refractivity contribution < 1.29 is 9.13 Å². The lowest BCUT2D eigenvalue weighted by Crippen LogP contribution is -2.19. The van der Waals surface area contributed by atoms with Gasteiger partial charge in [-0.1, -0.05) is 30.3 Å². The summed E-state index contributed by atoms with van der Waals surface area (Å²) in [5.74, 6) is 0.792. The van der Waals surface area contributed by atoms with Crippen LogP contribution in [0.3, 0.4) is 0 Å². The highest BCUT2D eigenvalue weighted by molar-refractivity contribution is 5.49. The summed E-state index contributed by atoms with van der Waals surface area (Å²) in [5.41, 5.74) is 1.94. The van der Waals surface area contributed by atoms with Crippen LogP contribution in [0.1, 0.15) is 18.4 Å². The topological polar surface area (TPSA) is 12.5 Å². The number of anilines is 1. The van der Waals surface area contributed by atoms with Crippen LogP contribution in [-0.4, -0.2) is 13.6 Å². The Hall–Kier alpha value is -2.03. The van der Waals surface area contributed by atoms with E-state index in [1.165, 1.54) is 12.8 Å². The van der Waals surface area contributed by atoms with Crippen LogP contribution in [0.25, 0.3) is 0 Å². The third kappa shape index (κ3) is 3.75. The number of nitrogens with zero attached hydrogens (tertiary/aromatic N) is 1. The van der Waals surface area contributed by atoms with Crippen molar-refractivity contribution in [3.05, 3.63) is 59.9 Å². The van der Waals surface area contributed by atoms with Gasteiger partial charge in [0, 0.05) is 25.3 Å². The maximum atomic E-state index is 14.1. The Morgan fingerprint density at radius 1 is 1.14 bits per heavy atom. The van der Waals surface area contributed by atoms with Crippen molar-refractivity contribution in [1.29, 1.82) is 0 Å². The lowest BCUT2D eigenvalue weighted by atomic mass is 10.2. The molecule has 2 nitrogen and oxygen atoms in total. The van der Waals surface area contributed by atoms with Gasteiger partial charge in [-0.3, -0.25) is 0 Å². The van der Waals surface area contributed by atoms with Crippen molar-refractivity contribution in [2.45, 2.75) is 19.4 Å². The molecule has 2 aromatic rings. The Labute approximate surface area is 125 Å². The van der Waals surface area contributed by atoms with E-state index in [-0.39, 0.29) is 5.82 Å². The zero-order chi connectivity index (χ0) is 14.7. The minimum atomic E-state index is -0.300. The SMILES string of the molecule is CN(CC1CC1)c1ccc(OCc2ccccc2)c(F)c1. The molecule has 0 bridgehead atoms. The molecule has 110 valence electrons. The van der Waals surface area contributed by atoms with E-state index in [0.717, 1.165) is 23.7 Å². The minimum absolute atomic E-state index is 0.300. The smallest absolute Gasteiger partial charge is 0.167 e. The molecular formula is C18H20FNO. The first kappa shape index (κ1) is 13.9. The minimum Gasteiger partial charge on any atom is -0.486 e. The second kappa shape index (κ2) is 6.17. The summed E-state index contributed by atoms with van der Waals surface area (Å²) in [6, 6.07) is 15.0. The summed E-state index contributed by atoms with van der Waals surface area (Å²) in [7, 11) is 2.01. The van der Waals surface area contributed by atoms with Gasteiger partial charge in [-0.15, -0.1) is 0 Å². The highest BCUT2D eigenvalue weighted by atomic mass is 19.1. The molecule has 0 aromatic heterocycles. The molecule has 0 saturated heterocycles. The zero-order valence-electron chi connectivity index (χ0n) is 12.3. The van der Waals surface area contributed by atoms with E-state index in [1.54, 1.807) is 12.1 Å². The predicted molar refractivity (Wildman–Crippen MR) is 83.2 cm³/mol. The molecule has 2 aromatic carbocycles. The van der Waals surface area contributed by atoms with Crippen molar-refractivity contribution in [3.8, 4) is 5.75 Å². The number of rotatable bonds is 6. The third-order valence-corrected chi connectivity index (χ3v) is 3.82. The molecular weight excluding hydrogens is 265 g/mol. The molecule has 1 aliphatic carbocycles. The summed E-state index contributed by atoms with van der Waals surface area (Å²) < 4.78 is 19.7. The van der Waals surface area contributed by atoms with Crippen LogP contribution in [-0.2, 0) is 6.61 Å². The molecule has 1 fully saturated rings. The first-order chi connectivity index (χ1) is 10.2. The van der Waals surface area contributed by atoms with Crippen LogP contribution in [0.4, 0.5) is 10.1 Å². The number of halogens is 1. The normalized spacial score (nSPS) is 14.0. The van der Waals surface area contributed by atoms with Gasteiger partial charge in [0.1, 0.15) is 6.61 Å². The average molecular weight is 285 g/mol. The fraction of sp³-hybridized carbons (Fsp3) is 0.333. The van der Waals surface area contributed by atoms with Gasteiger partial charge in [0.15, 0.2) is 11.6 Å². The lowest BCUT2D eigenvalue weighted by Gasteiger charge is -2.19. The fourth-order valence-corrected chi connectivity index (χ4v) is 2.37. The number of hydrogen-bond acceptors (Lipinski definition) is 2. The second-order valence-corrected chi connectivity index (χ2v) is 5.71. The van der Waals surface area contributed by atoms with Crippen LogP contribution in [0.15, 0.2) is 48.5 Å². The summed E-state index contributed by atoms with van der Waals surface area (Å²) in [6.07, 6.45) is 2.59. The largest absolute Gasteiger partial charge is 0.486 e. The first-order valence-electron chi connectivity index (χ1n) is 7.40. The van der Waals surface area contributed by atoms with Gasteiger partial charge in [-0.25, -0.2) is 4.39 Å². The monoisotopic (exact) mass is 285 g/mol. The summed E-state index contributed by atoms with van der Waals surface area (Å²) in [4.78, 5) is 2.11. The third-order valence-electron chi connectivity index (χ3n) is 3.82. The van der Waals surface area contributed by atoms with Crippen molar-refractivity contribution in [3.63, 3.8) is 0 Å². The molecule has 3 rings (SSSR count). The summed E-state index contributed by atoms with van der Waals surface area (Å²) >= 11 is 0. The maximum Gasteiger partial charge on any atom is 0.167 e. The molecule has 0 aliphatic heterocycles. The Kier molecular flexibility index (Phi) is 4.09. The number of hydrogen-bond donors (Lipinski definition) is 0. The highest BCUT2D eigenvalue weighted by Gasteiger charge is 2.23. The van der Waals surface area contributed by atoms with Crippen LogP contribution in [0.2, 0.25) is 0 Å². The Balaban J connectivity index is 1.63. The molecule has 0 radical (unpaired) electrons. The van der Waals surface area contributed by atoms with Crippen LogP contribution < -0.4 is 9.64 Å². The van der Waals surface area contributed by atoms with Crippen molar-refractivity contribution in [2.24, 2.45) is 5.92 Å². The van der Waals surface area contributed by atoms with Gasteiger partial charge in [0.2, 0.25) is 0 Å². The Morgan fingerprint density at radius 3 is 2.57 bits per heavy atom. The molecule has 1 aliphatic rings. The highest BCUT2D eigenvalue weighted by Crippen LogP contribution is 2.31. The van der Waals surface area contributed by atoms with Crippen molar-refractivity contribution >= 4 is 5.69 Å². The maximum absolute atomic E-state index is 14.1. The van der Waals surface area contributed by atoms with E-state index in [0.29, 0.717) is 12.4 Å². The summed E-state index contributed by atoms with van der Waals surface area (Å²) in [5, 5.41) is 0. The molecule has 0 N–H and O–H groups in total. The quantitative estimate of drug-likeness (QED) is 0.786. The van der Waals surface area contributed by atoms with Crippen LogP contribution in [0.5, 0.6) is 5.75 Å². The van der Waals surface area contributed by atoms with Gasteiger partial charge in [-0.05, 0) is 36.5 Å².